The van der Waals surface area contributed by atoms with Crippen molar-refractivity contribution in [1.29, 1.82) is 0 Å². The second-order valence-electron chi connectivity index (χ2n) is 5.43. The molecule has 1 atom stereocenters. The van der Waals surface area contributed by atoms with E-state index in [1.165, 1.54) is 11.1 Å². The van der Waals surface area contributed by atoms with Gasteiger partial charge in [0.2, 0.25) is 0 Å². The molecule has 1 aromatic heterocycles. The van der Waals surface area contributed by atoms with Crippen LogP contribution in [0.2, 0.25) is 5.02 Å². The minimum Gasteiger partial charge on any atom is -0.327 e. The number of fused-ring (bicyclic) bond motifs is 1. The quantitative estimate of drug-likeness (QED) is 0.748. The molecule has 4 heteroatoms. The highest BCUT2D eigenvalue weighted by Gasteiger charge is 2.15. The van der Waals surface area contributed by atoms with Crippen molar-refractivity contribution in [3.8, 4) is 0 Å². The summed E-state index contributed by atoms with van der Waals surface area (Å²) in [6, 6.07) is 16.4. The van der Waals surface area contributed by atoms with Gasteiger partial charge in [0.1, 0.15) is 5.82 Å². The van der Waals surface area contributed by atoms with Gasteiger partial charge in [-0.05, 0) is 43.7 Å². The predicted octanol–water partition coefficient (Wildman–Crippen LogP) is 4.56. The van der Waals surface area contributed by atoms with E-state index in [0.717, 1.165) is 29.5 Å². The minimum absolute atomic E-state index is 0.183. The maximum absolute atomic E-state index is 5.92. The first-order valence-corrected chi connectivity index (χ1v) is 8.00. The first-order chi connectivity index (χ1) is 10.7. The van der Waals surface area contributed by atoms with Crippen LogP contribution in [0.15, 0.2) is 48.5 Å². The molecule has 0 aliphatic heterocycles. The van der Waals surface area contributed by atoms with Crippen LogP contribution < -0.4 is 5.32 Å². The zero-order chi connectivity index (χ0) is 15.5. The van der Waals surface area contributed by atoms with Gasteiger partial charge < -0.3 is 9.88 Å². The van der Waals surface area contributed by atoms with Crippen LogP contribution in [0.3, 0.4) is 0 Å². The molecule has 1 unspecified atom stereocenters. The summed E-state index contributed by atoms with van der Waals surface area (Å²) in [5.74, 6) is 1.08. The van der Waals surface area contributed by atoms with E-state index in [0.29, 0.717) is 0 Å². The molecule has 3 aromatic rings. The lowest BCUT2D eigenvalue weighted by molar-refractivity contribution is 0.521. The molecule has 114 valence electrons. The van der Waals surface area contributed by atoms with E-state index in [1.807, 2.05) is 30.3 Å². The van der Waals surface area contributed by atoms with Crippen molar-refractivity contribution >= 4 is 22.6 Å². The number of rotatable bonds is 5. The van der Waals surface area contributed by atoms with E-state index in [9.17, 15) is 0 Å². The van der Waals surface area contributed by atoms with Crippen LogP contribution in [-0.2, 0) is 13.1 Å². The van der Waals surface area contributed by atoms with Crippen molar-refractivity contribution in [2.45, 2.75) is 33.0 Å². The Balaban J connectivity index is 1.79. The maximum atomic E-state index is 5.92. The lowest BCUT2D eigenvalue weighted by atomic mass is 10.2. The second kappa shape index (κ2) is 6.51. The van der Waals surface area contributed by atoms with E-state index in [4.69, 9.17) is 16.6 Å². The highest BCUT2D eigenvalue weighted by Crippen LogP contribution is 2.21. The SMILES string of the molecule is CCn1c(C(C)NCc2ccc(Cl)cc2)nc2ccccc21. The molecule has 0 saturated heterocycles. The average molecular weight is 314 g/mol. The highest BCUT2D eigenvalue weighted by molar-refractivity contribution is 6.30. The van der Waals surface area contributed by atoms with Crippen molar-refractivity contribution < 1.29 is 0 Å². The van der Waals surface area contributed by atoms with Crippen molar-refractivity contribution in [2.24, 2.45) is 0 Å². The Morgan fingerprint density at radius 1 is 1.14 bits per heavy atom. The van der Waals surface area contributed by atoms with Crippen LogP contribution in [0, 0.1) is 0 Å². The number of para-hydroxylation sites is 2. The molecule has 3 rings (SSSR count). The molecular weight excluding hydrogens is 294 g/mol. The number of benzene rings is 2. The Morgan fingerprint density at radius 2 is 1.86 bits per heavy atom. The standard InChI is InChI=1S/C18H20ClN3/c1-3-22-17-7-5-4-6-16(17)21-18(22)13(2)20-12-14-8-10-15(19)11-9-14/h4-11,13,20H,3,12H2,1-2H3. The molecule has 0 saturated carbocycles. The topological polar surface area (TPSA) is 29.9 Å². The summed E-state index contributed by atoms with van der Waals surface area (Å²) >= 11 is 5.92. The number of hydrogen-bond acceptors (Lipinski definition) is 2. The number of aromatic nitrogens is 2. The van der Waals surface area contributed by atoms with E-state index >= 15 is 0 Å². The normalized spacial score (nSPS) is 12.7. The Bertz CT molecular complexity index is 762. The summed E-state index contributed by atoms with van der Waals surface area (Å²) in [5, 5.41) is 4.31. The Labute approximate surface area is 135 Å². The summed E-state index contributed by atoms with van der Waals surface area (Å²) < 4.78 is 2.27. The maximum Gasteiger partial charge on any atom is 0.126 e. The Kier molecular flexibility index (Phi) is 4.46. The van der Waals surface area contributed by atoms with Gasteiger partial charge in [-0.3, -0.25) is 0 Å². The molecular formula is C18H20ClN3. The van der Waals surface area contributed by atoms with Gasteiger partial charge in [-0.2, -0.15) is 0 Å². The van der Waals surface area contributed by atoms with E-state index in [-0.39, 0.29) is 6.04 Å². The van der Waals surface area contributed by atoms with Gasteiger partial charge in [-0.15, -0.1) is 0 Å². The van der Waals surface area contributed by atoms with Gasteiger partial charge in [0.05, 0.1) is 17.1 Å². The molecule has 0 amide bonds. The van der Waals surface area contributed by atoms with Crippen molar-refractivity contribution in [3.63, 3.8) is 0 Å². The average Bonchev–Trinajstić information content (AvgIpc) is 2.92. The number of nitrogens with zero attached hydrogens (tertiary/aromatic N) is 2. The van der Waals surface area contributed by atoms with Crippen molar-refractivity contribution in [2.75, 3.05) is 0 Å². The molecule has 3 nitrogen and oxygen atoms in total. The molecule has 0 aliphatic carbocycles. The van der Waals surface area contributed by atoms with E-state index in [2.05, 4.69) is 41.9 Å². The lowest BCUT2D eigenvalue weighted by Crippen LogP contribution is -2.21. The van der Waals surface area contributed by atoms with Crippen LogP contribution >= 0.6 is 11.6 Å². The summed E-state index contributed by atoms with van der Waals surface area (Å²) in [6.45, 7) is 6.03. The second-order valence-corrected chi connectivity index (χ2v) is 5.87. The first-order valence-electron chi connectivity index (χ1n) is 7.62. The third-order valence-electron chi connectivity index (χ3n) is 3.91. The third-order valence-corrected chi connectivity index (χ3v) is 4.17. The van der Waals surface area contributed by atoms with E-state index < -0.39 is 0 Å². The molecule has 0 radical (unpaired) electrons. The summed E-state index contributed by atoms with van der Waals surface area (Å²) in [5.41, 5.74) is 3.47. The van der Waals surface area contributed by atoms with Crippen LogP contribution in [0.4, 0.5) is 0 Å². The zero-order valence-corrected chi connectivity index (χ0v) is 13.6. The molecule has 1 heterocycles. The number of imidazole rings is 1. The Hall–Kier alpha value is -1.84. The number of hydrogen-bond donors (Lipinski definition) is 1. The van der Waals surface area contributed by atoms with Gasteiger partial charge >= 0.3 is 0 Å². The monoisotopic (exact) mass is 313 g/mol. The molecule has 0 aliphatic rings. The molecule has 0 spiro atoms. The molecule has 2 aromatic carbocycles. The molecule has 0 bridgehead atoms. The fourth-order valence-electron chi connectivity index (χ4n) is 2.72. The highest BCUT2D eigenvalue weighted by atomic mass is 35.5. The van der Waals surface area contributed by atoms with Crippen LogP contribution in [0.25, 0.3) is 11.0 Å². The van der Waals surface area contributed by atoms with Gasteiger partial charge in [0.25, 0.3) is 0 Å². The third kappa shape index (κ3) is 3.01. The smallest absolute Gasteiger partial charge is 0.126 e. The van der Waals surface area contributed by atoms with Crippen molar-refractivity contribution in [1.82, 2.24) is 14.9 Å². The zero-order valence-electron chi connectivity index (χ0n) is 12.9. The number of aryl methyl sites for hydroxylation is 1. The van der Waals surface area contributed by atoms with Crippen LogP contribution in [0.1, 0.15) is 31.3 Å². The molecule has 0 fully saturated rings. The van der Waals surface area contributed by atoms with Gasteiger partial charge in [-0.1, -0.05) is 35.9 Å². The fraction of sp³-hybridized carbons (Fsp3) is 0.278. The summed E-state index contributed by atoms with van der Waals surface area (Å²) in [7, 11) is 0. The summed E-state index contributed by atoms with van der Waals surface area (Å²) in [6.07, 6.45) is 0. The molecule has 1 N–H and O–H groups in total. The predicted molar refractivity (Wildman–Crippen MR) is 92.1 cm³/mol. The van der Waals surface area contributed by atoms with Crippen molar-refractivity contribution in [3.05, 3.63) is 64.9 Å². The Morgan fingerprint density at radius 3 is 2.59 bits per heavy atom. The minimum atomic E-state index is 0.183. The first kappa shape index (κ1) is 15.1. The molecule has 22 heavy (non-hydrogen) atoms. The number of halogens is 1. The summed E-state index contributed by atoms with van der Waals surface area (Å²) in [4.78, 5) is 4.79. The van der Waals surface area contributed by atoms with Crippen LogP contribution in [0.5, 0.6) is 0 Å². The van der Waals surface area contributed by atoms with E-state index in [1.54, 1.807) is 0 Å². The number of nitrogens with one attached hydrogen (secondary N) is 1. The largest absolute Gasteiger partial charge is 0.327 e. The van der Waals surface area contributed by atoms with Gasteiger partial charge in [0, 0.05) is 18.1 Å². The van der Waals surface area contributed by atoms with Gasteiger partial charge in [-0.25, -0.2) is 4.98 Å². The van der Waals surface area contributed by atoms with Crippen LogP contribution in [-0.4, -0.2) is 9.55 Å². The van der Waals surface area contributed by atoms with Gasteiger partial charge in [0.15, 0.2) is 0 Å². The fourth-order valence-corrected chi connectivity index (χ4v) is 2.85. The lowest BCUT2D eigenvalue weighted by Gasteiger charge is -2.15.